The number of hydrogen-bond acceptors (Lipinski definition) is 4. The number of aromatic hydroxyl groups is 1. The molecule has 0 atom stereocenters. The lowest BCUT2D eigenvalue weighted by molar-refractivity contribution is -0.133. The number of methoxy groups -OCH3 is 2. The first-order valence-corrected chi connectivity index (χ1v) is 4.14. The van der Waals surface area contributed by atoms with Gasteiger partial charge in [0.2, 0.25) is 0 Å². The van der Waals surface area contributed by atoms with E-state index < -0.39 is 5.97 Å². The van der Waals surface area contributed by atoms with E-state index in [1.165, 1.54) is 26.4 Å². The standard InChI is InChI=1S/C11H10O4/c1-14-10-7-9(12)5-3-8(10)4-6-11(13)15-2/h3,5,7,12H,1-2H3. The average molecular weight is 206 g/mol. The van der Waals surface area contributed by atoms with Crippen LogP contribution in [0.1, 0.15) is 5.56 Å². The highest BCUT2D eigenvalue weighted by Gasteiger charge is 2.01. The highest BCUT2D eigenvalue weighted by atomic mass is 16.5. The summed E-state index contributed by atoms with van der Waals surface area (Å²) in [5, 5.41) is 9.17. The zero-order valence-corrected chi connectivity index (χ0v) is 8.40. The van der Waals surface area contributed by atoms with Crippen LogP contribution in [0.4, 0.5) is 0 Å². The zero-order chi connectivity index (χ0) is 11.3. The fourth-order valence-corrected chi connectivity index (χ4v) is 0.953. The van der Waals surface area contributed by atoms with Gasteiger partial charge in [-0.2, -0.15) is 0 Å². The Kier molecular flexibility index (Phi) is 3.58. The Morgan fingerprint density at radius 1 is 1.40 bits per heavy atom. The molecule has 0 radical (unpaired) electrons. The normalized spacial score (nSPS) is 8.67. The van der Waals surface area contributed by atoms with Crippen molar-refractivity contribution in [2.75, 3.05) is 14.2 Å². The lowest BCUT2D eigenvalue weighted by Crippen LogP contribution is -1.95. The smallest absolute Gasteiger partial charge is 0.384 e. The van der Waals surface area contributed by atoms with Crippen LogP contribution in [-0.2, 0) is 9.53 Å². The lowest BCUT2D eigenvalue weighted by Gasteiger charge is -2.02. The Morgan fingerprint density at radius 3 is 2.73 bits per heavy atom. The van der Waals surface area contributed by atoms with Crippen molar-refractivity contribution in [2.24, 2.45) is 0 Å². The van der Waals surface area contributed by atoms with Crippen molar-refractivity contribution < 1.29 is 19.4 Å². The van der Waals surface area contributed by atoms with Crippen LogP contribution < -0.4 is 4.74 Å². The molecule has 1 aromatic carbocycles. The summed E-state index contributed by atoms with van der Waals surface area (Å²) in [6, 6.07) is 4.44. The Bertz CT molecular complexity index is 426. The molecule has 0 fully saturated rings. The van der Waals surface area contributed by atoms with Crippen LogP contribution in [0.25, 0.3) is 0 Å². The van der Waals surface area contributed by atoms with Gasteiger partial charge in [-0.3, -0.25) is 0 Å². The minimum absolute atomic E-state index is 0.0791. The molecule has 0 aromatic heterocycles. The fraction of sp³-hybridized carbons (Fsp3) is 0.182. The summed E-state index contributed by atoms with van der Waals surface area (Å²) in [6.45, 7) is 0. The van der Waals surface area contributed by atoms with Crippen LogP contribution in [0, 0.1) is 11.8 Å². The van der Waals surface area contributed by atoms with E-state index >= 15 is 0 Å². The van der Waals surface area contributed by atoms with E-state index in [-0.39, 0.29) is 5.75 Å². The van der Waals surface area contributed by atoms with Gasteiger partial charge in [-0.1, -0.05) is 5.92 Å². The number of rotatable bonds is 1. The van der Waals surface area contributed by atoms with E-state index in [1.807, 2.05) is 0 Å². The Balaban J connectivity index is 3.02. The second-order valence-electron chi connectivity index (χ2n) is 2.63. The Morgan fingerprint density at radius 2 is 2.13 bits per heavy atom. The van der Waals surface area contributed by atoms with Crippen LogP contribution in [0.2, 0.25) is 0 Å². The molecule has 1 aromatic rings. The number of ether oxygens (including phenoxy) is 2. The maximum absolute atomic E-state index is 10.8. The van der Waals surface area contributed by atoms with Gasteiger partial charge >= 0.3 is 5.97 Å². The van der Waals surface area contributed by atoms with Crippen LogP contribution in [0.3, 0.4) is 0 Å². The van der Waals surface area contributed by atoms with Gasteiger partial charge in [0.25, 0.3) is 0 Å². The number of benzene rings is 1. The summed E-state index contributed by atoms with van der Waals surface area (Å²) in [5.74, 6) is 4.72. The molecule has 1 N–H and O–H groups in total. The molecule has 0 heterocycles. The van der Waals surface area contributed by atoms with Gasteiger partial charge < -0.3 is 14.6 Å². The van der Waals surface area contributed by atoms with E-state index in [0.29, 0.717) is 11.3 Å². The largest absolute Gasteiger partial charge is 0.508 e. The highest BCUT2D eigenvalue weighted by Crippen LogP contribution is 2.22. The van der Waals surface area contributed by atoms with Crippen molar-refractivity contribution in [3.8, 4) is 23.3 Å². The van der Waals surface area contributed by atoms with Crippen LogP contribution >= 0.6 is 0 Å². The van der Waals surface area contributed by atoms with Gasteiger partial charge in [0, 0.05) is 12.0 Å². The molecular formula is C11H10O4. The topological polar surface area (TPSA) is 55.8 Å². The quantitative estimate of drug-likeness (QED) is 0.548. The number of carbonyl (C=O) groups is 1. The number of hydrogen-bond donors (Lipinski definition) is 1. The third kappa shape index (κ3) is 2.92. The van der Waals surface area contributed by atoms with Gasteiger partial charge in [-0.05, 0) is 12.1 Å². The van der Waals surface area contributed by atoms with Gasteiger partial charge in [0.15, 0.2) is 0 Å². The summed E-state index contributed by atoms with van der Waals surface area (Å²) in [6.07, 6.45) is 0. The molecule has 0 amide bonds. The molecule has 78 valence electrons. The third-order valence-corrected chi connectivity index (χ3v) is 1.67. The summed E-state index contributed by atoms with van der Waals surface area (Å²) >= 11 is 0. The van der Waals surface area contributed by atoms with Crippen molar-refractivity contribution in [2.45, 2.75) is 0 Å². The molecule has 4 heteroatoms. The molecule has 0 aliphatic heterocycles. The summed E-state index contributed by atoms with van der Waals surface area (Å²) in [4.78, 5) is 10.8. The number of carbonyl (C=O) groups excluding carboxylic acids is 1. The number of phenolic OH excluding ortho intramolecular Hbond substituents is 1. The predicted molar refractivity (Wildman–Crippen MR) is 53.6 cm³/mol. The molecule has 15 heavy (non-hydrogen) atoms. The summed E-state index contributed by atoms with van der Waals surface area (Å²) < 4.78 is 9.34. The molecule has 0 aliphatic rings. The molecule has 4 nitrogen and oxygen atoms in total. The predicted octanol–water partition coefficient (Wildman–Crippen LogP) is 0.925. The lowest BCUT2D eigenvalue weighted by atomic mass is 10.2. The molecule has 0 saturated carbocycles. The van der Waals surface area contributed by atoms with E-state index in [9.17, 15) is 9.90 Å². The van der Waals surface area contributed by atoms with Crippen LogP contribution in [-0.4, -0.2) is 25.3 Å². The van der Waals surface area contributed by atoms with Crippen molar-refractivity contribution in [1.82, 2.24) is 0 Å². The summed E-state index contributed by atoms with van der Waals surface area (Å²) in [7, 11) is 2.71. The Labute approximate surface area is 87.4 Å². The van der Waals surface area contributed by atoms with E-state index in [4.69, 9.17) is 4.74 Å². The van der Waals surface area contributed by atoms with Crippen LogP contribution in [0.15, 0.2) is 18.2 Å². The molecule has 0 aliphatic carbocycles. The van der Waals surface area contributed by atoms with Crippen molar-refractivity contribution in [3.63, 3.8) is 0 Å². The minimum atomic E-state index is -0.620. The van der Waals surface area contributed by atoms with E-state index in [0.717, 1.165) is 0 Å². The first kappa shape index (κ1) is 10.9. The first-order valence-electron chi connectivity index (χ1n) is 4.14. The molecule has 0 spiro atoms. The second kappa shape index (κ2) is 4.91. The van der Waals surface area contributed by atoms with E-state index in [2.05, 4.69) is 16.6 Å². The fourth-order valence-electron chi connectivity index (χ4n) is 0.953. The van der Waals surface area contributed by atoms with Gasteiger partial charge in [-0.15, -0.1) is 0 Å². The second-order valence-corrected chi connectivity index (χ2v) is 2.63. The van der Waals surface area contributed by atoms with Crippen LogP contribution in [0.5, 0.6) is 11.5 Å². The molecule has 0 saturated heterocycles. The van der Waals surface area contributed by atoms with Crippen molar-refractivity contribution in [1.29, 1.82) is 0 Å². The van der Waals surface area contributed by atoms with Gasteiger partial charge in [-0.25, -0.2) is 4.79 Å². The highest BCUT2D eigenvalue weighted by molar-refractivity contribution is 5.89. The molecular weight excluding hydrogens is 196 g/mol. The first-order chi connectivity index (χ1) is 7.17. The number of esters is 1. The Hall–Kier alpha value is -2.15. The van der Waals surface area contributed by atoms with Gasteiger partial charge in [0.1, 0.15) is 11.5 Å². The van der Waals surface area contributed by atoms with Crippen molar-refractivity contribution in [3.05, 3.63) is 23.8 Å². The average Bonchev–Trinajstić information content (AvgIpc) is 2.26. The third-order valence-electron chi connectivity index (χ3n) is 1.67. The molecule has 0 bridgehead atoms. The zero-order valence-electron chi connectivity index (χ0n) is 8.40. The summed E-state index contributed by atoms with van der Waals surface area (Å²) in [5.41, 5.74) is 0.515. The van der Waals surface area contributed by atoms with Crippen molar-refractivity contribution >= 4 is 5.97 Å². The molecule has 0 unspecified atom stereocenters. The maximum Gasteiger partial charge on any atom is 0.384 e. The monoisotopic (exact) mass is 206 g/mol. The van der Waals surface area contributed by atoms with E-state index in [1.54, 1.807) is 6.07 Å². The molecule has 1 rings (SSSR count). The number of phenols is 1. The minimum Gasteiger partial charge on any atom is -0.508 e. The maximum atomic E-state index is 10.8. The SMILES string of the molecule is COC(=O)C#Cc1ccc(O)cc1OC. The van der Waals surface area contributed by atoms with Gasteiger partial charge in [0.05, 0.1) is 19.8 Å².